The summed E-state index contributed by atoms with van der Waals surface area (Å²) in [6.07, 6.45) is 0. The molecular weight excluding hydrogens is 258 g/mol. The van der Waals surface area contributed by atoms with Crippen molar-refractivity contribution in [2.24, 2.45) is 0 Å². The lowest BCUT2D eigenvalue weighted by Crippen LogP contribution is -2.04. The van der Waals surface area contributed by atoms with E-state index in [1.54, 1.807) is 12.1 Å². The molecule has 2 aromatic rings. The quantitative estimate of drug-likeness (QED) is 0.879. The highest BCUT2D eigenvalue weighted by molar-refractivity contribution is 7.20. The zero-order valence-corrected chi connectivity index (χ0v) is 10.6. The molecule has 1 heterocycles. The first-order chi connectivity index (χ1) is 8.06. The number of nitrogens with one attached hydrogen (secondary N) is 1. The molecule has 0 saturated heterocycles. The van der Waals surface area contributed by atoms with Crippen LogP contribution in [0.5, 0.6) is 0 Å². The number of anilines is 2. The molecule has 1 aromatic carbocycles. The largest absolute Gasteiger partial charge is 0.389 e. The summed E-state index contributed by atoms with van der Waals surface area (Å²) in [4.78, 5) is 15.2. The summed E-state index contributed by atoms with van der Waals surface area (Å²) < 4.78 is 0. The fraction of sp³-hybridized carbons (Fsp3) is 0.0909. The van der Waals surface area contributed by atoms with Crippen LogP contribution in [0.4, 0.5) is 10.1 Å². The van der Waals surface area contributed by atoms with Crippen molar-refractivity contribution in [2.45, 2.75) is 6.92 Å². The van der Waals surface area contributed by atoms with Gasteiger partial charge in [-0.05, 0) is 12.1 Å². The normalized spacial score (nSPS) is 10.2. The SMILES string of the molecule is CC(=O)Nc1nc(-c2cccc(Cl)c2)c(N)s1. The van der Waals surface area contributed by atoms with E-state index in [4.69, 9.17) is 17.3 Å². The van der Waals surface area contributed by atoms with Crippen LogP contribution in [0.15, 0.2) is 24.3 Å². The van der Waals surface area contributed by atoms with Gasteiger partial charge in [0, 0.05) is 17.5 Å². The van der Waals surface area contributed by atoms with Crippen molar-refractivity contribution in [3.05, 3.63) is 29.3 Å². The third-order valence-corrected chi connectivity index (χ3v) is 3.07. The number of halogens is 1. The molecule has 0 unspecified atom stereocenters. The molecule has 0 aliphatic carbocycles. The summed E-state index contributed by atoms with van der Waals surface area (Å²) in [6.45, 7) is 1.43. The molecule has 0 fully saturated rings. The zero-order chi connectivity index (χ0) is 12.4. The van der Waals surface area contributed by atoms with Crippen LogP contribution in [0.25, 0.3) is 11.3 Å². The second kappa shape index (κ2) is 4.73. The number of nitrogens with zero attached hydrogens (tertiary/aromatic N) is 1. The molecule has 1 aromatic heterocycles. The smallest absolute Gasteiger partial charge is 0.223 e. The third kappa shape index (κ3) is 2.75. The molecule has 88 valence electrons. The van der Waals surface area contributed by atoms with Crippen molar-refractivity contribution in [3.63, 3.8) is 0 Å². The van der Waals surface area contributed by atoms with Gasteiger partial charge in [0.15, 0.2) is 5.13 Å². The number of nitrogen functional groups attached to an aromatic ring is 1. The number of aromatic nitrogens is 1. The van der Waals surface area contributed by atoms with Crippen molar-refractivity contribution in [2.75, 3.05) is 11.1 Å². The summed E-state index contributed by atoms with van der Waals surface area (Å²) in [5.41, 5.74) is 7.34. The monoisotopic (exact) mass is 267 g/mol. The number of rotatable bonds is 2. The van der Waals surface area contributed by atoms with Crippen LogP contribution in [-0.4, -0.2) is 10.9 Å². The first-order valence-corrected chi connectivity index (χ1v) is 6.05. The number of thiazole rings is 1. The molecule has 0 saturated carbocycles. The van der Waals surface area contributed by atoms with Gasteiger partial charge in [0.2, 0.25) is 5.91 Å². The lowest BCUT2D eigenvalue weighted by atomic mass is 10.2. The molecule has 2 rings (SSSR count). The van der Waals surface area contributed by atoms with E-state index in [0.717, 1.165) is 5.56 Å². The average molecular weight is 268 g/mol. The van der Waals surface area contributed by atoms with E-state index in [0.29, 0.717) is 20.8 Å². The van der Waals surface area contributed by atoms with Crippen molar-refractivity contribution >= 4 is 39.0 Å². The van der Waals surface area contributed by atoms with Gasteiger partial charge in [-0.15, -0.1) is 0 Å². The maximum Gasteiger partial charge on any atom is 0.223 e. The average Bonchev–Trinajstić information content (AvgIpc) is 2.58. The van der Waals surface area contributed by atoms with Crippen LogP contribution in [0.1, 0.15) is 6.92 Å². The summed E-state index contributed by atoms with van der Waals surface area (Å²) >= 11 is 7.14. The summed E-state index contributed by atoms with van der Waals surface area (Å²) in [6, 6.07) is 7.26. The first-order valence-electron chi connectivity index (χ1n) is 4.86. The number of nitrogens with two attached hydrogens (primary N) is 1. The Balaban J connectivity index is 2.39. The van der Waals surface area contributed by atoms with Crippen LogP contribution in [-0.2, 0) is 4.79 Å². The van der Waals surface area contributed by atoms with Crippen LogP contribution < -0.4 is 11.1 Å². The molecule has 0 spiro atoms. The lowest BCUT2D eigenvalue weighted by molar-refractivity contribution is -0.114. The van der Waals surface area contributed by atoms with Gasteiger partial charge in [0.1, 0.15) is 10.7 Å². The minimum atomic E-state index is -0.170. The van der Waals surface area contributed by atoms with Crippen LogP contribution in [0.2, 0.25) is 5.02 Å². The van der Waals surface area contributed by atoms with Crippen LogP contribution >= 0.6 is 22.9 Å². The highest BCUT2D eigenvalue weighted by atomic mass is 35.5. The third-order valence-electron chi connectivity index (χ3n) is 2.03. The van der Waals surface area contributed by atoms with E-state index in [-0.39, 0.29) is 5.91 Å². The highest BCUT2D eigenvalue weighted by Crippen LogP contribution is 2.34. The van der Waals surface area contributed by atoms with E-state index in [1.165, 1.54) is 18.3 Å². The predicted molar refractivity (Wildman–Crippen MR) is 71.3 cm³/mol. The van der Waals surface area contributed by atoms with E-state index in [9.17, 15) is 4.79 Å². The van der Waals surface area contributed by atoms with E-state index in [2.05, 4.69) is 10.3 Å². The van der Waals surface area contributed by atoms with E-state index in [1.807, 2.05) is 12.1 Å². The summed E-state index contributed by atoms with van der Waals surface area (Å²) in [5, 5.41) is 4.27. The number of amides is 1. The number of benzene rings is 1. The van der Waals surface area contributed by atoms with Gasteiger partial charge in [-0.3, -0.25) is 4.79 Å². The van der Waals surface area contributed by atoms with Crippen molar-refractivity contribution in [1.29, 1.82) is 0 Å². The molecule has 6 heteroatoms. The Bertz CT molecular complexity index is 568. The molecule has 0 bridgehead atoms. The maximum atomic E-state index is 10.9. The standard InChI is InChI=1S/C11H10ClN3OS/c1-6(16)14-11-15-9(10(13)17-11)7-3-2-4-8(12)5-7/h2-5H,13H2,1H3,(H,14,15,16). The van der Waals surface area contributed by atoms with Gasteiger partial charge in [-0.2, -0.15) is 0 Å². The van der Waals surface area contributed by atoms with Gasteiger partial charge in [-0.25, -0.2) is 4.98 Å². The first kappa shape index (κ1) is 11.9. The Hall–Kier alpha value is -1.59. The van der Waals surface area contributed by atoms with Gasteiger partial charge in [0.05, 0.1) is 0 Å². The summed E-state index contributed by atoms with van der Waals surface area (Å²) in [7, 11) is 0. The zero-order valence-electron chi connectivity index (χ0n) is 9.03. The Kier molecular flexibility index (Phi) is 3.31. The fourth-order valence-electron chi connectivity index (χ4n) is 1.38. The van der Waals surface area contributed by atoms with Gasteiger partial charge >= 0.3 is 0 Å². The van der Waals surface area contributed by atoms with Gasteiger partial charge < -0.3 is 11.1 Å². The predicted octanol–water partition coefficient (Wildman–Crippen LogP) is 3.00. The lowest BCUT2D eigenvalue weighted by Gasteiger charge is -1.98. The van der Waals surface area contributed by atoms with Crippen LogP contribution in [0, 0.1) is 0 Å². The molecule has 0 aliphatic heterocycles. The Morgan fingerprint density at radius 2 is 2.29 bits per heavy atom. The van der Waals surface area contributed by atoms with Gasteiger partial charge in [0.25, 0.3) is 0 Å². The Labute approximate surface area is 107 Å². The molecule has 4 nitrogen and oxygen atoms in total. The number of carbonyl (C=O) groups is 1. The van der Waals surface area contributed by atoms with Crippen molar-refractivity contribution in [3.8, 4) is 11.3 Å². The number of carbonyl (C=O) groups excluding carboxylic acids is 1. The molecule has 0 radical (unpaired) electrons. The Morgan fingerprint density at radius 1 is 1.53 bits per heavy atom. The molecular formula is C11H10ClN3OS. The maximum absolute atomic E-state index is 10.9. The molecule has 3 N–H and O–H groups in total. The minimum Gasteiger partial charge on any atom is -0.389 e. The van der Waals surface area contributed by atoms with E-state index >= 15 is 0 Å². The second-order valence-corrected chi connectivity index (χ2v) is 4.89. The molecule has 1 amide bonds. The minimum absolute atomic E-state index is 0.170. The number of hydrogen-bond acceptors (Lipinski definition) is 4. The second-order valence-electron chi connectivity index (χ2n) is 3.42. The fourth-order valence-corrected chi connectivity index (χ4v) is 2.37. The van der Waals surface area contributed by atoms with E-state index < -0.39 is 0 Å². The van der Waals surface area contributed by atoms with Crippen molar-refractivity contribution in [1.82, 2.24) is 4.98 Å². The Morgan fingerprint density at radius 3 is 2.94 bits per heavy atom. The highest BCUT2D eigenvalue weighted by Gasteiger charge is 2.11. The topological polar surface area (TPSA) is 68.0 Å². The number of hydrogen-bond donors (Lipinski definition) is 2. The van der Waals surface area contributed by atoms with Gasteiger partial charge in [-0.1, -0.05) is 35.1 Å². The van der Waals surface area contributed by atoms with Crippen molar-refractivity contribution < 1.29 is 4.79 Å². The molecule has 0 aliphatic rings. The molecule has 17 heavy (non-hydrogen) atoms. The van der Waals surface area contributed by atoms with Crippen LogP contribution in [0.3, 0.4) is 0 Å². The molecule has 0 atom stereocenters. The summed E-state index contributed by atoms with van der Waals surface area (Å²) in [5.74, 6) is -0.170.